The minimum Gasteiger partial charge on any atom is -0.508 e. The molecule has 96 valence electrons. The summed E-state index contributed by atoms with van der Waals surface area (Å²) in [6, 6.07) is 10.6. The normalized spacial score (nSPS) is 10.8. The quantitative estimate of drug-likeness (QED) is 0.805. The van der Waals surface area contributed by atoms with E-state index < -0.39 is 0 Å². The van der Waals surface area contributed by atoms with Crippen LogP contribution < -0.4 is 4.74 Å². The highest BCUT2D eigenvalue weighted by molar-refractivity contribution is 9.10. The molecule has 0 radical (unpaired) electrons. The first-order chi connectivity index (χ1) is 9.24. The molecule has 0 atom stereocenters. The van der Waals surface area contributed by atoms with Gasteiger partial charge in [0, 0.05) is 12.3 Å². The van der Waals surface area contributed by atoms with E-state index in [0.29, 0.717) is 12.4 Å². The van der Waals surface area contributed by atoms with Gasteiger partial charge in [-0.25, -0.2) is 4.98 Å². The number of rotatable bonds is 3. The predicted octanol–water partition coefficient (Wildman–Crippen LogP) is 3.38. The number of nitrogens with zero attached hydrogens (tertiary/aromatic N) is 2. The Morgan fingerprint density at radius 2 is 2.16 bits per heavy atom. The molecule has 0 aliphatic carbocycles. The van der Waals surface area contributed by atoms with Crippen molar-refractivity contribution in [3.05, 3.63) is 59.0 Å². The summed E-state index contributed by atoms with van der Waals surface area (Å²) >= 11 is 3.46. The maximum atomic E-state index is 9.37. The molecule has 0 aliphatic heterocycles. The Balaban J connectivity index is 1.84. The fourth-order valence-corrected chi connectivity index (χ4v) is 2.31. The number of halogens is 1. The molecule has 0 amide bonds. The van der Waals surface area contributed by atoms with Crippen LogP contribution in [-0.2, 0) is 6.61 Å². The third-order valence-corrected chi connectivity index (χ3v) is 3.39. The Morgan fingerprint density at radius 1 is 1.26 bits per heavy atom. The first kappa shape index (κ1) is 12.0. The zero-order valence-corrected chi connectivity index (χ0v) is 11.5. The van der Waals surface area contributed by atoms with E-state index in [9.17, 15) is 5.11 Å². The van der Waals surface area contributed by atoms with Crippen molar-refractivity contribution in [3.8, 4) is 11.5 Å². The van der Waals surface area contributed by atoms with Crippen molar-refractivity contribution in [1.29, 1.82) is 0 Å². The van der Waals surface area contributed by atoms with Crippen molar-refractivity contribution < 1.29 is 9.84 Å². The SMILES string of the molecule is Oc1cccc(OCc2cnc3c(Br)cccn23)c1. The van der Waals surface area contributed by atoms with Gasteiger partial charge in [0.2, 0.25) is 0 Å². The number of hydrogen-bond donors (Lipinski definition) is 1. The number of phenolic OH excluding ortho intramolecular Hbond substituents is 1. The molecule has 0 saturated carbocycles. The summed E-state index contributed by atoms with van der Waals surface area (Å²) in [5.41, 5.74) is 1.80. The zero-order valence-electron chi connectivity index (χ0n) is 9.95. The molecule has 0 aliphatic rings. The molecule has 2 aromatic heterocycles. The minimum atomic E-state index is 0.193. The highest BCUT2D eigenvalue weighted by atomic mass is 79.9. The van der Waals surface area contributed by atoms with Crippen LogP contribution in [0.4, 0.5) is 0 Å². The molecule has 3 rings (SSSR count). The van der Waals surface area contributed by atoms with Crippen LogP contribution in [0.5, 0.6) is 11.5 Å². The number of phenols is 1. The first-order valence-electron chi connectivity index (χ1n) is 5.76. The number of aromatic nitrogens is 2. The molecule has 0 bridgehead atoms. The molecule has 0 saturated heterocycles. The fraction of sp³-hybridized carbons (Fsp3) is 0.0714. The van der Waals surface area contributed by atoms with Crippen LogP contribution in [0.2, 0.25) is 0 Å². The number of ether oxygens (including phenoxy) is 1. The summed E-state index contributed by atoms with van der Waals surface area (Å²) in [6.07, 6.45) is 3.72. The van der Waals surface area contributed by atoms with Crippen molar-refractivity contribution in [1.82, 2.24) is 9.38 Å². The summed E-state index contributed by atoms with van der Waals surface area (Å²) in [7, 11) is 0. The van der Waals surface area contributed by atoms with Gasteiger partial charge in [0.25, 0.3) is 0 Å². The van der Waals surface area contributed by atoms with E-state index >= 15 is 0 Å². The molecule has 2 heterocycles. The summed E-state index contributed by atoms with van der Waals surface area (Å²) < 4.78 is 8.55. The largest absolute Gasteiger partial charge is 0.508 e. The lowest BCUT2D eigenvalue weighted by molar-refractivity contribution is 0.298. The lowest BCUT2D eigenvalue weighted by Crippen LogP contribution is -1.99. The monoisotopic (exact) mass is 318 g/mol. The van der Waals surface area contributed by atoms with E-state index in [1.807, 2.05) is 22.7 Å². The first-order valence-corrected chi connectivity index (χ1v) is 6.55. The Kier molecular flexibility index (Phi) is 3.13. The number of benzene rings is 1. The number of pyridine rings is 1. The summed E-state index contributed by atoms with van der Waals surface area (Å²) in [5, 5.41) is 9.37. The van der Waals surface area contributed by atoms with E-state index in [4.69, 9.17) is 4.74 Å². The third kappa shape index (κ3) is 2.42. The van der Waals surface area contributed by atoms with Crippen LogP contribution >= 0.6 is 15.9 Å². The van der Waals surface area contributed by atoms with Crippen molar-refractivity contribution in [2.45, 2.75) is 6.61 Å². The van der Waals surface area contributed by atoms with Gasteiger partial charge in [0.05, 0.1) is 16.4 Å². The number of imidazole rings is 1. The summed E-state index contributed by atoms with van der Waals surface area (Å²) in [4.78, 5) is 4.33. The van der Waals surface area contributed by atoms with E-state index in [1.54, 1.807) is 30.5 Å². The topological polar surface area (TPSA) is 46.8 Å². The van der Waals surface area contributed by atoms with Gasteiger partial charge in [-0.05, 0) is 40.2 Å². The Morgan fingerprint density at radius 3 is 3.00 bits per heavy atom. The van der Waals surface area contributed by atoms with Gasteiger partial charge in [0.15, 0.2) is 5.65 Å². The smallest absolute Gasteiger partial charge is 0.151 e. The Labute approximate surface area is 118 Å². The lowest BCUT2D eigenvalue weighted by atomic mass is 10.3. The van der Waals surface area contributed by atoms with Crippen LogP contribution in [0.1, 0.15) is 5.69 Å². The molecule has 0 spiro atoms. The second kappa shape index (κ2) is 4.93. The molecule has 3 aromatic rings. The highest BCUT2D eigenvalue weighted by Crippen LogP contribution is 2.21. The molecule has 1 aromatic carbocycles. The van der Waals surface area contributed by atoms with E-state index in [-0.39, 0.29) is 5.75 Å². The lowest BCUT2D eigenvalue weighted by Gasteiger charge is -2.06. The van der Waals surface area contributed by atoms with E-state index in [2.05, 4.69) is 20.9 Å². The van der Waals surface area contributed by atoms with Gasteiger partial charge in [-0.2, -0.15) is 0 Å². The van der Waals surface area contributed by atoms with Crippen molar-refractivity contribution in [3.63, 3.8) is 0 Å². The molecule has 5 heteroatoms. The van der Waals surface area contributed by atoms with Gasteiger partial charge in [-0.15, -0.1) is 0 Å². The van der Waals surface area contributed by atoms with Crippen LogP contribution in [0.25, 0.3) is 5.65 Å². The van der Waals surface area contributed by atoms with Crippen molar-refractivity contribution in [2.24, 2.45) is 0 Å². The van der Waals surface area contributed by atoms with Crippen molar-refractivity contribution >= 4 is 21.6 Å². The molecular formula is C14H11BrN2O2. The second-order valence-electron chi connectivity index (χ2n) is 4.09. The van der Waals surface area contributed by atoms with Crippen LogP contribution in [0.15, 0.2) is 53.3 Å². The maximum absolute atomic E-state index is 9.37. The third-order valence-electron chi connectivity index (χ3n) is 2.77. The molecule has 4 nitrogen and oxygen atoms in total. The van der Waals surface area contributed by atoms with Crippen LogP contribution in [-0.4, -0.2) is 14.5 Å². The van der Waals surface area contributed by atoms with Crippen LogP contribution in [0, 0.1) is 0 Å². The van der Waals surface area contributed by atoms with Gasteiger partial charge in [-0.3, -0.25) is 4.40 Å². The average Bonchev–Trinajstić information content (AvgIpc) is 2.81. The molecule has 19 heavy (non-hydrogen) atoms. The Hall–Kier alpha value is -2.01. The molecular weight excluding hydrogens is 308 g/mol. The molecule has 0 unspecified atom stereocenters. The van der Waals surface area contributed by atoms with Crippen LogP contribution in [0.3, 0.4) is 0 Å². The average molecular weight is 319 g/mol. The number of hydrogen-bond acceptors (Lipinski definition) is 3. The fourth-order valence-electron chi connectivity index (χ4n) is 1.86. The second-order valence-corrected chi connectivity index (χ2v) is 4.94. The van der Waals surface area contributed by atoms with Gasteiger partial charge < -0.3 is 9.84 Å². The number of fused-ring (bicyclic) bond motifs is 1. The summed E-state index contributed by atoms with van der Waals surface area (Å²) in [6.45, 7) is 0.390. The highest BCUT2D eigenvalue weighted by Gasteiger charge is 2.06. The molecule has 1 N–H and O–H groups in total. The van der Waals surface area contributed by atoms with Gasteiger partial charge in [-0.1, -0.05) is 6.07 Å². The van der Waals surface area contributed by atoms with E-state index in [0.717, 1.165) is 15.8 Å². The maximum Gasteiger partial charge on any atom is 0.151 e. The Bertz CT molecular complexity index is 724. The van der Waals surface area contributed by atoms with Gasteiger partial charge in [0.1, 0.15) is 18.1 Å². The number of aromatic hydroxyl groups is 1. The zero-order chi connectivity index (χ0) is 13.2. The van der Waals surface area contributed by atoms with Gasteiger partial charge >= 0.3 is 0 Å². The minimum absolute atomic E-state index is 0.193. The standard InChI is InChI=1S/C14H11BrN2O2/c15-13-5-2-6-17-10(8-16-14(13)17)9-19-12-4-1-3-11(18)7-12/h1-8,18H,9H2. The predicted molar refractivity (Wildman–Crippen MR) is 75.3 cm³/mol. The summed E-state index contributed by atoms with van der Waals surface area (Å²) in [5.74, 6) is 0.823. The molecule has 0 fully saturated rings. The van der Waals surface area contributed by atoms with E-state index in [1.165, 1.54) is 0 Å². The van der Waals surface area contributed by atoms with Crippen molar-refractivity contribution in [2.75, 3.05) is 0 Å².